The maximum atomic E-state index is 12.2. The molecule has 1 atom stereocenters. The largest absolute Gasteiger partial charge is 0.456 e. The van der Waals surface area contributed by atoms with Crippen molar-refractivity contribution in [3.8, 4) is 0 Å². The molecule has 2 heterocycles. The maximum Gasteiger partial charge on any atom is 0.338 e. The van der Waals surface area contributed by atoms with Crippen molar-refractivity contribution >= 4 is 28.8 Å². The van der Waals surface area contributed by atoms with Crippen LogP contribution in [0.15, 0.2) is 59.8 Å². The molecule has 1 aliphatic heterocycles. The Hall–Kier alpha value is -2.27. The molecule has 0 amide bonds. The van der Waals surface area contributed by atoms with Gasteiger partial charge >= 0.3 is 5.97 Å². The van der Waals surface area contributed by atoms with Gasteiger partial charge in [0, 0.05) is 5.75 Å². The van der Waals surface area contributed by atoms with Crippen molar-refractivity contribution in [2.75, 3.05) is 5.75 Å². The van der Waals surface area contributed by atoms with Crippen LogP contribution in [0.1, 0.15) is 10.4 Å². The van der Waals surface area contributed by atoms with Crippen molar-refractivity contribution in [3.05, 3.63) is 60.2 Å². The van der Waals surface area contributed by atoms with Gasteiger partial charge in [0.15, 0.2) is 5.16 Å². The number of para-hydroxylation sites is 2. The number of carbonyl (C=O) groups excluding carboxylic acids is 1. The highest BCUT2D eigenvalue weighted by Gasteiger charge is 2.25. The number of rotatable bonds is 2. The number of hydrogen-bond acceptors (Lipinski definition) is 4. The van der Waals surface area contributed by atoms with Gasteiger partial charge in [-0.1, -0.05) is 42.1 Å². The number of fused-ring (bicyclic) bond motifs is 3. The van der Waals surface area contributed by atoms with Gasteiger partial charge in [-0.25, -0.2) is 9.78 Å². The Morgan fingerprint density at radius 3 is 2.77 bits per heavy atom. The summed E-state index contributed by atoms with van der Waals surface area (Å²) < 4.78 is 7.78. The number of thioether (sulfide) groups is 1. The van der Waals surface area contributed by atoms with Gasteiger partial charge in [0.25, 0.3) is 0 Å². The Morgan fingerprint density at radius 1 is 1.14 bits per heavy atom. The second kappa shape index (κ2) is 5.50. The summed E-state index contributed by atoms with van der Waals surface area (Å²) in [6.07, 6.45) is -0.136. The molecular weight excluding hydrogens is 296 g/mol. The van der Waals surface area contributed by atoms with Crippen LogP contribution in [-0.4, -0.2) is 27.4 Å². The second-order valence-electron chi connectivity index (χ2n) is 5.20. The Kier molecular flexibility index (Phi) is 3.35. The number of nitrogens with zero attached hydrogens (tertiary/aromatic N) is 2. The quantitative estimate of drug-likeness (QED) is 0.681. The molecule has 110 valence electrons. The van der Waals surface area contributed by atoms with Gasteiger partial charge in [-0.15, -0.1) is 0 Å². The number of hydrogen-bond donors (Lipinski definition) is 0. The van der Waals surface area contributed by atoms with Crippen LogP contribution in [-0.2, 0) is 11.3 Å². The van der Waals surface area contributed by atoms with Crippen LogP contribution < -0.4 is 0 Å². The van der Waals surface area contributed by atoms with Gasteiger partial charge in [-0.3, -0.25) is 0 Å². The normalized spacial score (nSPS) is 17.2. The van der Waals surface area contributed by atoms with Gasteiger partial charge in [0.05, 0.1) is 23.1 Å². The van der Waals surface area contributed by atoms with Gasteiger partial charge in [-0.2, -0.15) is 0 Å². The minimum atomic E-state index is -0.265. The lowest BCUT2D eigenvalue weighted by molar-refractivity contribution is 0.0306. The second-order valence-corrected chi connectivity index (χ2v) is 6.19. The van der Waals surface area contributed by atoms with E-state index < -0.39 is 0 Å². The molecule has 1 aromatic heterocycles. The zero-order valence-electron chi connectivity index (χ0n) is 11.8. The Morgan fingerprint density at radius 2 is 1.91 bits per heavy atom. The van der Waals surface area contributed by atoms with E-state index in [1.165, 1.54) is 0 Å². The van der Waals surface area contributed by atoms with E-state index in [9.17, 15) is 4.79 Å². The molecule has 5 heteroatoms. The topological polar surface area (TPSA) is 44.1 Å². The standard InChI is InChI=1S/C17H14N2O2S/c20-16(12-6-2-1-3-7-12)21-13-10-19-15-9-5-4-8-14(15)18-17(19)22-11-13/h1-9,13H,10-11H2. The molecule has 1 unspecified atom stereocenters. The lowest BCUT2D eigenvalue weighted by atomic mass is 10.2. The van der Waals surface area contributed by atoms with Crippen LogP contribution in [0.5, 0.6) is 0 Å². The van der Waals surface area contributed by atoms with Crippen LogP contribution in [0.25, 0.3) is 11.0 Å². The summed E-state index contributed by atoms with van der Waals surface area (Å²) in [5.41, 5.74) is 2.67. The maximum absolute atomic E-state index is 12.2. The molecule has 3 aromatic rings. The summed E-state index contributed by atoms with van der Waals surface area (Å²) in [6, 6.07) is 17.2. The van der Waals surface area contributed by atoms with E-state index in [-0.39, 0.29) is 12.1 Å². The molecule has 0 saturated carbocycles. The highest BCUT2D eigenvalue weighted by molar-refractivity contribution is 7.99. The fourth-order valence-corrected chi connectivity index (χ4v) is 3.63. The first kappa shape index (κ1) is 13.4. The van der Waals surface area contributed by atoms with Crippen molar-refractivity contribution < 1.29 is 9.53 Å². The van der Waals surface area contributed by atoms with Crippen molar-refractivity contribution in [1.29, 1.82) is 0 Å². The first-order valence-electron chi connectivity index (χ1n) is 7.15. The summed E-state index contributed by atoms with van der Waals surface area (Å²) in [5, 5.41) is 0.994. The number of esters is 1. The molecular formula is C17H14N2O2S. The number of ether oxygens (including phenoxy) is 1. The van der Waals surface area contributed by atoms with E-state index in [0.717, 1.165) is 21.9 Å². The predicted octanol–water partition coefficient (Wildman–Crippen LogP) is 3.37. The number of aromatic nitrogens is 2. The van der Waals surface area contributed by atoms with E-state index in [1.54, 1.807) is 23.9 Å². The summed E-state index contributed by atoms with van der Waals surface area (Å²) in [6.45, 7) is 0.654. The minimum absolute atomic E-state index is 0.136. The average Bonchev–Trinajstić information content (AvgIpc) is 2.94. The zero-order chi connectivity index (χ0) is 14.9. The SMILES string of the molecule is O=C(OC1CSc2nc3ccccc3n2C1)c1ccccc1. The summed E-state index contributed by atoms with van der Waals surface area (Å²) in [5.74, 6) is 0.473. The average molecular weight is 310 g/mol. The van der Waals surface area contributed by atoms with Crippen LogP contribution in [0, 0.1) is 0 Å². The van der Waals surface area contributed by atoms with Gasteiger partial charge in [0.2, 0.25) is 0 Å². The molecule has 0 bridgehead atoms. The zero-order valence-corrected chi connectivity index (χ0v) is 12.6. The van der Waals surface area contributed by atoms with Gasteiger partial charge in [-0.05, 0) is 24.3 Å². The molecule has 2 aromatic carbocycles. The first-order valence-corrected chi connectivity index (χ1v) is 8.14. The molecule has 22 heavy (non-hydrogen) atoms. The van der Waals surface area contributed by atoms with E-state index in [4.69, 9.17) is 4.74 Å². The molecule has 0 N–H and O–H groups in total. The monoisotopic (exact) mass is 310 g/mol. The Bertz CT molecular complexity index is 829. The smallest absolute Gasteiger partial charge is 0.338 e. The summed E-state index contributed by atoms with van der Waals surface area (Å²) >= 11 is 1.63. The predicted molar refractivity (Wildman–Crippen MR) is 86.1 cm³/mol. The van der Waals surface area contributed by atoms with E-state index in [0.29, 0.717) is 12.1 Å². The van der Waals surface area contributed by atoms with E-state index >= 15 is 0 Å². The van der Waals surface area contributed by atoms with Gasteiger partial charge < -0.3 is 9.30 Å². The van der Waals surface area contributed by atoms with Crippen molar-refractivity contribution in [2.24, 2.45) is 0 Å². The number of carbonyl (C=O) groups is 1. The van der Waals surface area contributed by atoms with Crippen LogP contribution in [0.3, 0.4) is 0 Å². The fourth-order valence-electron chi connectivity index (χ4n) is 2.63. The van der Waals surface area contributed by atoms with Crippen molar-refractivity contribution in [3.63, 3.8) is 0 Å². The van der Waals surface area contributed by atoms with Crippen molar-refractivity contribution in [2.45, 2.75) is 17.8 Å². The highest BCUT2D eigenvalue weighted by Crippen LogP contribution is 2.30. The summed E-state index contributed by atoms with van der Waals surface area (Å²) in [4.78, 5) is 16.8. The fraction of sp³-hybridized carbons (Fsp3) is 0.176. The molecule has 1 aliphatic rings. The number of imidazole rings is 1. The lowest BCUT2D eigenvalue weighted by Crippen LogP contribution is -2.29. The minimum Gasteiger partial charge on any atom is -0.456 e. The lowest BCUT2D eigenvalue weighted by Gasteiger charge is -2.23. The molecule has 4 nitrogen and oxygen atoms in total. The third-order valence-electron chi connectivity index (χ3n) is 3.69. The molecule has 0 aliphatic carbocycles. The third kappa shape index (κ3) is 2.37. The number of benzene rings is 2. The Labute approximate surface area is 132 Å². The third-order valence-corrected chi connectivity index (χ3v) is 4.80. The first-order chi connectivity index (χ1) is 10.8. The molecule has 0 radical (unpaired) electrons. The Balaban J connectivity index is 1.56. The van der Waals surface area contributed by atoms with Crippen molar-refractivity contribution in [1.82, 2.24) is 9.55 Å². The molecule has 0 fully saturated rings. The van der Waals surface area contributed by atoms with E-state index in [2.05, 4.69) is 9.55 Å². The summed E-state index contributed by atoms with van der Waals surface area (Å²) in [7, 11) is 0. The van der Waals surface area contributed by atoms with Crippen LogP contribution in [0.4, 0.5) is 0 Å². The highest BCUT2D eigenvalue weighted by atomic mass is 32.2. The van der Waals surface area contributed by atoms with Crippen LogP contribution >= 0.6 is 11.8 Å². The molecule has 4 rings (SSSR count). The van der Waals surface area contributed by atoms with Crippen LogP contribution in [0.2, 0.25) is 0 Å². The van der Waals surface area contributed by atoms with Gasteiger partial charge in [0.1, 0.15) is 6.10 Å². The molecule has 0 spiro atoms. The van der Waals surface area contributed by atoms with E-state index in [1.807, 2.05) is 42.5 Å². The molecule has 0 saturated heterocycles.